The van der Waals surface area contributed by atoms with E-state index in [0.717, 1.165) is 11.3 Å². The highest BCUT2D eigenvalue weighted by Crippen LogP contribution is 2.23. The first kappa shape index (κ1) is 11.2. The van der Waals surface area contributed by atoms with Crippen LogP contribution in [0.3, 0.4) is 0 Å². The highest BCUT2D eigenvalue weighted by Gasteiger charge is 2.01. The summed E-state index contributed by atoms with van der Waals surface area (Å²) in [7, 11) is 0. The molecule has 0 aliphatic carbocycles. The molecule has 0 saturated carbocycles. The third kappa shape index (κ3) is 2.64. The third-order valence-electron chi connectivity index (χ3n) is 2.59. The number of hydrogen-bond donors (Lipinski definition) is 0. The van der Waals surface area contributed by atoms with Gasteiger partial charge in [-0.3, -0.25) is 0 Å². The number of nitriles is 1. The zero-order valence-electron chi connectivity index (χ0n) is 9.90. The molecule has 2 rings (SSSR count). The largest absolute Gasteiger partial charge is 0.457 e. The fourth-order valence-electron chi connectivity index (χ4n) is 1.53. The molecule has 0 amide bonds. The Kier molecular flexibility index (Phi) is 3.11. The first-order valence-electron chi connectivity index (χ1n) is 5.44. The van der Waals surface area contributed by atoms with Crippen LogP contribution < -0.4 is 4.74 Å². The fourth-order valence-corrected chi connectivity index (χ4v) is 1.53. The molecule has 2 nitrogen and oxygen atoms in total. The van der Waals surface area contributed by atoms with Crippen molar-refractivity contribution in [3.8, 4) is 17.6 Å². The summed E-state index contributed by atoms with van der Waals surface area (Å²) in [6, 6.07) is 15.5. The highest BCUT2D eigenvalue weighted by atomic mass is 16.5. The molecule has 0 radical (unpaired) electrons. The number of benzene rings is 2. The van der Waals surface area contributed by atoms with E-state index in [4.69, 9.17) is 10.00 Å². The van der Waals surface area contributed by atoms with Crippen molar-refractivity contribution in [2.75, 3.05) is 0 Å². The number of hydrogen-bond acceptors (Lipinski definition) is 2. The molecule has 0 aliphatic heterocycles. The minimum absolute atomic E-state index is 0.648. The number of aryl methyl sites for hydroxylation is 2. The maximum Gasteiger partial charge on any atom is 0.128 e. The molecule has 2 aromatic rings. The van der Waals surface area contributed by atoms with Crippen molar-refractivity contribution < 1.29 is 4.74 Å². The standard InChI is InChI=1S/C15H13NO/c1-11-3-6-14(7-4-11)17-15-8-5-12(2)13(9-15)10-16/h3-9H,1-2H3. The zero-order chi connectivity index (χ0) is 12.3. The summed E-state index contributed by atoms with van der Waals surface area (Å²) in [5, 5.41) is 8.94. The van der Waals surface area contributed by atoms with Crippen molar-refractivity contribution in [2.45, 2.75) is 13.8 Å². The number of ether oxygens (including phenoxy) is 1. The van der Waals surface area contributed by atoms with E-state index in [2.05, 4.69) is 6.07 Å². The van der Waals surface area contributed by atoms with E-state index in [1.54, 1.807) is 6.07 Å². The average molecular weight is 223 g/mol. The van der Waals surface area contributed by atoms with E-state index in [-0.39, 0.29) is 0 Å². The van der Waals surface area contributed by atoms with Gasteiger partial charge in [0.25, 0.3) is 0 Å². The van der Waals surface area contributed by atoms with Crippen LogP contribution >= 0.6 is 0 Å². The summed E-state index contributed by atoms with van der Waals surface area (Å²) in [5.41, 5.74) is 2.80. The van der Waals surface area contributed by atoms with Gasteiger partial charge < -0.3 is 4.74 Å². The molecule has 0 heterocycles. The molecule has 0 saturated heterocycles. The van der Waals surface area contributed by atoms with Crippen molar-refractivity contribution in [3.05, 3.63) is 59.2 Å². The lowest BCUT2D eigenvalue weighted by Gasteiger charge is -2.07. The molecule has 2 heteroatoms. The maximum absolute atomic E-state index is 8.94. The zero-order valence-corrected chi connectivity index (χ0v) is 9.90. The molecule has 0 aliphatic rings. The number of rotatable bonds is 2. The Bertz CT molecular complexity index is 564. The van der Waals surface area contributed by atoms with Gasteiger partial charge in [-0.15, -0.1) is 0 Å². The summed E-state index contributed by atoms with van der Waals surface area (Å²) < 4.78 is 5.68. The van der Waals surface area contributed by atoms with Gasteiger partial charge in [0.2, 0.25) is 0 Å². The quantitative estimate of drug-likeness (QED) is 0.771. The van der Waals surface area contributed by atoms with E-state index in [9.17, 15) is 0 Å². The molecule has 17 heavy (non-hydrogen) atoms. The summed E-state index contributed by atoms with van der Waals surface area (Å²) in [6.45, 7) is 3.94. The number of nitrogens with zero attached hydrogens (tertiary/aromatic N) is 1. The van der Waals surface area contributed by atoms with Gasteiger partial charge >= 0.3 is 0 Å². The Labute approximate surface area is 101 Å². The lowest BCUT2D eigenvalue weighted by Crippen LogP contribution is -1.87. The second-order valence-corrected chi connectivity index (χ2v) is 4.00. The van der Waals surface area contributed by atoms with E-state index in [1.165, 1.54) is 5.56 Å². The van der Waals surface area contributed by atoms with Gasteiger partial charge in [-0.05, 0) is 43.7 Å². The van der Waals surface area contributed by atoms with Gasteiger partial charge in [0.05, 0.1) is 11.6 Å². The SMILES string of the molecule is Cc1ccc(Oc2ccc(C)c(C#N)c2)cc1. The van der Waals surface area contributed by atoms with Gasteiger partial charge in [-0.1, -0.05) is 23.8 Å². The Morgan fingerprint density at radius 2 is 1.59 bits per heavy atom. The monoisotopic (exact) mass is 223 g/mol. The highest BCUT2D eigenvalue weighted by molar-refractivity contribution is 5.44. The summed E-state index contributed by atoms with van der Waals surface area (Å²) in [5.74, 6) is 1.47. The Morgan fingerprint density at radius 3 is 2.24 bits per heavy atom. The second-order valence-electron chi connectivity index (χ2n) is 4.00. The van der Waals surface area contributed by atoms with E-state index < -0.39 is 0 Å². The van der Waals surface area contributed by atoms with E-state index in [0.29, 0.717) is 11.3 Å². The molecule has 84 valence electrons. The van der Waals surface area contributed by atoms with Crippen molar-refractivity contribution >= 4 is 0 Å². The molecule has 0 N–H and O–H groups in total. The smallest absolute Gasteiger partial charge is 0.128 e. The van der Waals surface area contributed by atoms with Gasteiger partial charge in [0.15, 0.2) is 0 Å². The van der Waals surface area contributed by atoms with Gasteiger partial charge in [0, 0.05) is 0 Å². The molecule has 0 spiro atoms. The average Bonchev–Trinajstić information content (AvgIpc) is 2.34. The van der Waals surface area contributed by atoms with Crippen LogP contribution in [0.2, 0.25) is 0 Å². The molecule has 0 unspecified atom stereocenters. The van der Waals surface area contributed by atoms with Crippen molar-refractivity contribution in [1.29, 1.82) is 5.26 Å². The molecular weight excluding hydrogens is 210 g/mol. The molecule has 2 aromatic carbocycles. The first-order chi connectivity index (χ1) is 8.19. The van der Waals surface area contributed by atoms with E-state index >= 15 is 0 Å². The summed E-state index contributed by atoms with van der Waals surface area (Å²) >= 11 is 0. The molecular formula is C15H13NO. The Morgan fingerprint density at radius 1 is 0.941 bits per heavy atom. The van der Waals surface area contributed by atoms with Crippen LogP contribution in [0.15, 0.2) is 42.5 Å². The second kappa shape index (κ2) is 4.71. The van der Waals surface area contributed by atoms with Crippen LogP contribution in [0.1, 0.15) is 16.7 Å². The normalized spacial score (nSPS) is 9.71. The lowest BCUT2D eigenvalue weighted by atomic mass is 10.1. The molecule has 0 aromatic heterocycles. The van der Waals surface area contributed by atoms with Crippen molar-refractivity contribution in [2.24, 2.45) is 0 Å². The topological polar surface area (TPSA) is 33.0 Å². The predicted octanol–water partition coefficient (Wildman–Crippen LogP) is 3.97. The van der Waals surface area contributed by atoms with Crippen molar-refractivity contribution in [3.63, 3.8) is 0 Å². The fraction of sp³-hybridized carbons (Fsp3) is 0.133. The van der Waals surface area contributed by atoms with Gasteiger partial charge in [-0.25, -0.2) is 0 Å². The minimum Gasteiger partial charge on any atom is -0.457 e. The summed E-state index contributed by atoms with van der Waals surface area (Å²) in [6.07, 6.45) is 0. The Balaban J connectivity index is 2.25. The molecule has 0 fully saturated rings. The van der Waals surface area contributed by atoms with Crippen LogP contribution in [0, 0.1) is 25.2 Å². The summed E-state index contributed by atoms with van der Waals surface area (Å²) in [4.78, 5) is 0. The molecule has 0 bridgehead atoms. The van der Waals surface area contributed by atoms with Crippen LogP contribution in [0.25, 0.3) is 0 Å². The van der Waals surface area contributed by atoms with Crippen LogP contribution in [0.4, 0.5) is 0 Å². The lowest BCUT2D eigenvalue weighted by molar-refractivity contribution is 0.482. The van der Waals surface area contributed by atoms with Crippen LogP contribution in [-0.4, -0.2) is 0 Å². The molecule has 0 atom stereocenters. The first-order valence-corrected chi connectivity index (χ1v) is 5.44. The Hall–Kier alpha value is -2.27. The van der Waals surface area contributed by atoms with Crippen LogP contribution in [0.5, 0.6) is 11.5 Å². The minimum atomic E-state index is 0.648. The van der Waals surface area contributed by atoms with Gasteiger partial charge in [-0.2, -0.15) is 5.26 Å². The van der Waals surface area contributed by atoms with Gasteiger partial charge in [0.1, 0.15) is 11.5 Å². The third-order valence-corrected chi connectivity index (χ3v) is 2.59. The van der Waals surface area contributed by atoms with Crippen LogP contribution in [-0.2, 0) is 0 Å². The predicted molar refractivity (Wildman–Crippen MR) is 67.1 cm³/mol. The van der Waals surface area contributed by atoms with Crippen molar-refractivity contribution in [1.82, 2.24) is 0 Å². The van der Waals surface area contributed by atoms with E-state index in [1.807, 2.05) is 50.2 Å². The maximum atomic E-state index is 8.94.